The molecule has 2 aromatic heterocycles. The van der Waals surface area contributed by atoms with Gasteiger partial charge in [-0.05, 0) is 37.3 Å². The van der Waals surface area contributed by atoms with Crippen molar-refractivity contribution in [3.05, 3.63) is 69.9 Å². The minimum atomic E-state index is -4.62. The zero-order valence-electron chi connectivity index (χ0n) is 14.7. The van der Waals surface area contributed by atoms with Gasteiger partial charge in [-0.1, -0.05) is 23.2 Å². The topological polar surface area (TPSA) is 72.7 Å². The molecule has 29 heavy (non-hydrogen) atoms. The number of carbonyl (C=O) groups excluding carboxylic acids is 1. The molecule has 154 valence electrons. The van der Waals surface area contributed by atoms with Gasteiger partial charge < -0.3 is 5.32 Å². The van der Waals surface area contributed by atoms with E-state index < -0.39 is 23.7 Å². The summed E-state index contributed by atoms with van der Waals surface area (Å²) in [6, 6.07) is 5.19. The number of carbonyl (C=O) groups is 1. The Hall–Kier alpha value is -2.30. The van der Waals surface area contributed by atoms with Gasteiger partial charge in [0.2, 0.25) is 0 Å². The highest BCUT2D eigenvalue weighted by molar-refractivity contribution is 7.59. The second-order valence-electron chi connectivity index (χ2n) is 5.76. The fourth-order valence-corrected chi connectivity index (χ4v) is 2.91. The molecule has 2 heterocycles. The number of benzene rings is 1. The molecule has 0 aliphatic carbocycles. The molecule has 3 rings (SSSR count). The first kappa shape index (κ1) is 23.0. The first-order valence-corrected chi connectivity index (χ1v) is 8.62. The van der Waals surface area contributed by atoms with Gasteiger partial charge in [0, 0.05) is 16.8 Å². The van der Waals surface area contributed by atoms with E-state index in [9.17, 15) is 18.0 Å². The number of aromatic nitrogens is 4. The second-order valence-corrected chi connectivity index (χ2v) is 6.60. The molecular formula is C17H14Cl2F3N5OS. The molecule has 0 saturated carbocycles. The van der Waals surface area contributed by atoms with E-state index >= 15 is 0 Å². The van der Waals surface area contributed by atoms with Crippen molar-refractivity contribution in [2.24, 2.45) is 0 Å². The third-order valence-corrected chi connectivity index (χ3v) is 4.25. The molecule has 0 spiro atoms. The molecule has 0 fully saturated rings. The maximum absolute atomic E-state index is 12.9. The number of rotatable bonds is 4. The van der Waals surface area contributed by atoms with Crippen LogP contribution in [0.5, 0.6) is 0 Å². The second kappa shape index (κ2) is 9.02. The first-order chi connectivity index (χ1) is 13.2. The highest BCUT2D eigenvalue weighted by Crippen LogP contribution is 2.32. The van der Waals surface area contributed by atoms with Gasteiger partial charge in [0.1, 0.15) is 6.33 Å². The SMILES string of the molecule is C[C@H](NC(=O)c1cc(Cl)cc(C(F)(F)F)c1)c1ncnn1-c1ncccc1Cl.S. The van der Waals surface area contributed by atoms with Crippen molar-refractivity contribution in [3.63, 3.8) is 0 Å². The molecule has 3 aromatic rings. The number of hydrogen-bond acceptors (Lipinski definition) is 4. The molecule has 0 bridgehead atoms. The lowest BCUT2D eigenvalue weighted by molar-refractivity contribution is -0.137. The predicted molar refractivity (Wildman–Crippen MR) is 107 cm³/mol. The van der Waals surface area contributed by atoms with Crippen molar-refractivity contribution in [1.29, 1.82) is 0 Å². The van der Waals surface area contributed by atoms with Crippen LogP contribution in [-0.2, 0) is 6.18 Å². The summed E-state index contributed by atoms with van der Waals surface area (Å²) in [5.74, 6) is -0.144. The van der Waals surface area contributed by atoms with Crippen LogP contribution in [0.25, 0.3) is 5.82 Å². The first-order valence-electron chi connectivity index (χ1n) is 7.86. The number of alkyl halides is 3. The molecule has 0 radical (unpaired) electrons. The lowest BCUT2D eigenvalue weighted by Gasteiger charge is -2.16. The molecule has 6 nitrogen and oxygen atoms in total. The Morgan fingerprint density at radius 1 is 1.21 bits per heavy atom. The van der Waals surface area contributed by atoms with Crippen molar-refractivity contribution in [2.75, 3.05) is 0 Å². The van der Waals surface area contributed by atoms with Crippen molar-refractivity contribution < 1.29 is 18.0 Å². The molecule has 0 unspecified atom stereocenters. The fraction of sp³-hybridized carbons (Fsp3) is 0.176. The Morgan fingerprint density at radius 3 is 2.59 bits per heavy atom. The Bertz CT molecular complexity index is 1030. The maximum Gasteiger partial charge on any atom is 0.416 e. The minimum absolute atomic E-state index is 0. The third-order valence-electron chi connectivity index (χ3n) is 3.74. The van der Waals surface area contributed by atoms with E-state index in [0.29, 0.717) is 16.7 Å². The molecule has 1 atom stereocenters. The van der Waals surface area contributed by atoms with E-state index in [2.05, 4.69) is 20.4 Å². The van der Waals surface area contributed by atoms with E-state index in [4.69, 9.17) is 23.2 Å². The molecule has 1 aromatic carbocycles. The summed E-state index contributed by atoms with van der Waals surface area (Å²) in [7, 11) is 0. The summed E-state index contributed by atoms with van der Waals surface area (Å²) in [6.45, 7) is 1.60. The average Bonchev–Trinajstić information content (AvgIpc) is 3.10. The summed E-state index contributed by atoms with van der Waals surface area (Å²) < 4.78 is 40.2. The lowest BCUT2D eigenvalue weighted by atomic mass is 10.1. The summed E-state index contributed by atoms with van der Waals surface area (Å²) in [5, 5.41) is 6.74. The van der Waals surface area contributed by atoms with Crippen LogP contribution < -0.4 is 5.32 Å². The highest BCUT2D eigenvalue weighted by Gasteiger charge is 2.32. The van der Waals surface area contributed by atoms with Crippen LogP contribution in [0.3, 0.4) is 0 Å². The van der Waals surface area contributed by atoms with Crippen LogP contribution in [0, 0.1) is 0 Å². The number of hydrogen-bond donors (Lipinski definition) is 1. The normalized spacial score (nSPS) is 12.2. The fourth-order valence-electron chi connectivity index (χ4n) is 2.47. The zero-order valence-corrected chi connectivity index (χ0v) is 17.2. The van der Waals surface area contributed by atoms with Gasteiger partial charge in [-0.3, -0.25) is 4.79 Å². The van der Waals surface area contributed by atoms with Crippen LogP contribution in [-0.4, -0.2) is 25.7 Å². The van der Waals surface area contributed by atoms with Crippen LogP contribution in [0.2, 0.25) is 10.0 Å². The van der Waals surface area contributed by atoms with E-state index in [1.165, 1.54) is 17.2 Å². The number of amides is 1. The van der Waals surface area contributed by atoms with Gasteiger partial charge in [-0.15, -0.1) is 0 Å². The number of nitrogens with zero attached hydrogens (tertiary/aromatic N) is 4. The summed E-state index contributed by atoms with van der Waals surface area (Å²) in [4.78, 5) is 20.7. The standard InChI is InChI=1S/C17H12Cl2F3N5O.H2S/c1-9(14-24-8-25-27(14)15-13(19)3-2-4-23-15)26-16(28)10-5-11(17(20,21)22)7-12(18)6-10;/h2-9H,1H3,(H,26,28);1H2/t9-;/m0./s1. The van der Waals surface area contributed by atoms with Gasteiger partial charge in [0.15, 0.2) is 11.6 Å². The molecule has 0 aliphatic rings. The molecule has 0 aliphatic heterocycles. The van der Waals surface area contributed by atoms with Crippen LogP contribution in [0.1, 0.15) is 34.7 Å². The summed E-state index contributed by atoms with van der Waals surface area (Å²) >= 11 is 11.8. The van der Waals surface area contributed by atoms with Crippen LogP contribution in [0.15, 0.2) is 42.9 Å². The predicted octanol–water partition coefficient (Wildman–Crippen LogP) is 4.59. The number of halogens is 5. The van der Waals surface area contributed by atoms with Gasteiger partial charge >= 0.3 is 6.18 Å². The zero-order chi connectivity index (χ0) is 20.5. The van der Waals surface area contributed by atoms with Gasteiger partial charge in [-0.2, -0.15) is 36.4 Å². The largest absolute Gasteiger partial charge is 0.416 e. The molecule has 1 amide bonds. The quantitative estimate of drug-likeness (QED) is 0.613. The Kier molecular flexibility index (Phi) is 7.15. The number of nitrogens with one attached hydrogen (secondary N) is 1. The smallest absolute Gasteiger partial charge is 0.342 e. The van der Waals surface area contributed by atoms with Crippen molar-refractivity contribution in [1.82, 2.24) is 25.1 Å². The third kappa shape index (κ3) is 5.20. The minimum Gasteiger partial charge on any atom is -0.342 e. The van der Waals surface area contributed by atoms with Crippen molar-refractivity contribution in [3.8, 4) is 5.82 Å². The lowest BCUT2D eigenvalue weighted by Crippen LogP contribution is -2.29. The Morgan fingerprint density at radius 2 is 1.93 bits per heavy atom. The van der Waals surface area contributed by atoms with Gasteiger partial charge in [0.25, 0.3) is 5.91 Å². The monoisotopic (exact) mass is 463 g/mol. The average molecular weight is 464 g/mol. The molecule has 12 heteroatoms. The summed E-state index contributed by atoms with van der Waals surface area (Å²) in [5.41, 5.74) is -1.24. The molecule has 1 N–H and O–H groups in total. The molecule has 0 saturated heterocycles. The highest BCUT2D eigenvalue weighted by atomic mass is 35.5. The van der Waals surface area contributed by atoms with Crippen molar-refractivity contribution in [2.45, 2.75) is 19.1 Å². The Labute approximate surface area is 180 Å². The van der Waals surface area contributed by atoms with Crippen molar-refractivity contribution >= 4 is 42.6 Å². The van der Waals surface area contributed by atoms with Gasteiger partial charge in [-0.25, -0.2) is 9.97 Å². The van der Waals surface area contributed by atoms with E-state index in [1.54, 1.807) is 19.1 Å². The summed E-state index contributed by atoms with van der Waals surface area (Å²) in [6.07, 6.45) is -1.86. The van der Waals surface area contributed by atoms with E-state index in [-0.39, 0.29) is 24.1 Å². The van der Waals surface area contributed by atoms with Gasteiger partial charge in [0.05, 0.1) is 16.6 Å². The van der Waals surface area contributed by atoms with Crippen LogP contribution in [0.4, 0.5) is 13.2 Å². The van der Waals surface area contributed by atoms with E-state index in [0.717, 1.165) is 18.2 Å². The molecular weight excluding hydrogens is 450 g/mol. The van der Waals surface area contributed by atoms with E-state index in [1.807, 2.05) is 0 Å². The number of pyridine rings is 1. The van der Waals surface area contributed by atoms with Crippen LogP contribution >= 0.6 is 36.7 Å². The maximum atomic E-state index is 12.9. The Balaban J connectivity index is 0.00000300.